The second-order valence-corrected chi connectivity index (χ2v) is 9.18. The van der Waals surface area contributed by atoms with Gasteiger partial charge in [0.05, 0.1) is 31.2 Å². The Bertz CT molecular complexity index is 1500. The molecule has 35 heavy (non-hydrogen) atoms. The summed E-state index contributed by atoms with van der Waals surface area (Å²) < 4.78 is 37.8. The van der Waals surface area contributed by atoms with Crippen molar-refractivity contribution < 1.29 is 13.5 Å². The second kappa shape index (κ2) is 8.19. The van der Waals surface area contributed by atoms with Crippen LogP contribution in [0, 0.1) is 11.6 Å². The number of morpholine rings is 1. The molecule has 2 atom stereocenters. The number of hydrogen-bond donors (Lipinski definition) is 0. The van der Waals surface area contributed by atoms with E-state index in [0.717, 1.165) is 30.5 Å². The highest BCUT2D eigenvalue weighted by Crippen LogP contribution is 2.36. The molecule has 180 valence electrons. The van der Waals surface area contributed by atoms with Crippen molar-refractivity contribution in [3.05, 3.63) is 64.5 Å². The number of halogens is 2. The lowest BCUT2D eigenvalue weighted by atomic mass is 10.1. The van der Waals surface area contributed by atoms with Crippen LogP contribution in [0.5, 0.6) is 0 Å². The summed E-state index contributed by atoms with van der Waals surface area (Å²) in [5.41, 5.74) is 0.978. The van der Waals surface area contributed by atoms with Gasteiger partial charge in [-0.2, -0.15) is 5.10 Å². The fourth-order valence-corrected chi connectivity index (χ4v) is 4.45. The number of aryl methyl sites for hydroxylation is 1. The van der Waals surface area contributed by atoms with E-state index >= 15 is 0 Å². The number of rotatable bonds is 4. The van der Waals surface area contributed by atoms with Gasteiger partial charge in [-0.25, -0.2) is 23.7 Å². The van der Waals surface area contributed by atoms with Gasteiger partial charge in [-0.1, -0.05) is 0 Å². The molecule has 1 aliphatic carbocycles. The molecule has 0 N–H and O–H groups in total. The molecule has 2 unspecified atom stereocenters. The summed E-state index contributed by atoms with van der Waals surface area (Å²) in [6.45, 7) is 2.86. The van der Waals surface area contributed by atoms with E-state index in [4.69, 9.17) is 4.74 Å². The molecule has 1 aliphatic heterocycles. The van der Waals surface area contributed by atoms with Crippen LogP contribution in [0.3, 0.4) is 0 Å². The van der Waals surface area contributed by atoms with Crippen LogP contribution in [0.4, 0.5) is 14.7 Å². The molecule has 0 amide bonds. The first-order valence-corrected chi connectivity index (χ1v) is 11.5. The number of benzene rings is 1. The zero-order valence-corrected chi connectivity index (χ0v) is 19.2. The van der Waals surface area contributed by atoms with Crippen molar-refractivity contribution in [2.24, 2.45) is 7.05 Å². The van der Waals surface area contributed by atoms with Crippen LogP contribution in [0.15, 0.2) is 41.7 Å². The van der Waals surface area contributed by atoms with Crippen LogP contribution >= 0.6 is 0 Å². The lowest BCUT2D eigenvalue weighted by molar-refractivity contribution is -0.0178. The van der Waals surface area contributed by atoms with E-state index in [2.05, 4.69) is 20.1 Å². The smallest absolute Gasteiger partial charge is 0.279 e. The minimum Gasteiger partial charge on any atom is -0.367 e. The Balaban J connectivity index is 1.45. The average molecular weight is 479 g/mol. The predicted octanol–water partition coefficient (Wildman–Crippen LogP) is 3.17. The average Bonchev–Trinajstić information content (AvgIpc) is 3.57. The Hall–Kier alpha value is -3.73. The Morgan fingerprint density at radius 3 is 2.71 bits per heavy atom. The summed E-state index contributed by atoms with van der Waals surface area (Å²) in [4.78, 5) is 28.3. The van der Waals surface area contributed by atoms with Gasteiger partial charge in [0.15, 0.2) is 5.52 Å². The third-order valence-electron chi connectivity index (χ3n) is 6.40. The van der Waals surface area contributed by atoms with E-state index in [1.165, 1.54) is 17.0 Å². The molecular weight excluding hydrogens is 456 g/mol. The summed E-state index contributed by atoms with van der Waals surface area (Å²) >= 11 is 0. The molecule has 3 aromatic heterocycles. The van der Waals surface area contributed by atoms with Crippen molar-refractivity contribution in [3.63, 3.8) is 0 Å². The summed E-state index contributed by atoms with van der Waals surface area (Å²) in [5, 5.41) is 4.47. The number of anilines is 1. The SMILES string of the molecule is CC1CN(c2nc(-c3ccc(F)cc3F)c3ncn(C)c(=O)c3n2)CC(c2cnn(C3CC3)c2)O1. The van der Waals surface area contributed by atoms with E-state index in [-0.39, 0.29) is 46.0 Å². The Morgan fingerprint density at radius 2 is 1.94 bits per heavy atom. The zero-order valence-electron chi connectivity index (χ0n) is 19.2. The largest absolute Gasteiger partial charge is 0.367 e. The summed E-state index contributed by atoms with van der Waals surface area (Å²) in [6.07, 6.45) is 7.01. The van der Waals surface area contributed by atoms with Gasteiger partial charge < -0.3 is 14.2 Å². The third kappa shape index (κ3) is 3.95. The normalized spacial score (nSPS) is 20.5. The highest BCUT2D eigenvalue weighted by Gasteiger charge is 2.32. The first-order valence-electron chi connectivity index (χ1n) is 11.5. The first-order chi connectivity index (χ1) is 16.9. The fraction of sp³-hybridized carbons (Fsp3) is 0.375. The molecule has 1 saturated heterocycles. The summed E-state index contributed by atoms with van der Waals surface area (Å²) in [7, 11) is 1.57. The Morgan fingerprint density at radius 1 is 1.11 bits per heavy atom. The van der Waals surface area contributed by atoms with Crippen molar-refractivity contribution in [1.29, 1.82) is 0 Å². The maximum atomic E-state index is 14.8. The minimum absolute atomic E-state index is 0.0457. The van der Waals surface area contributed by atoms with Crippen molar-refractivity contribution in [2.75, 3.05) is 18.0 Å². The summed E-state index contributed by atoms with van der Waals surface area (Å²) in [6, 6.07) is 3.69. The number of ether oxygens (including phenoxy) is 1. The molecule has 4 heterocycles. The van der Waals surface area contributed by atoms with Crippen molar-refractivity contribution in [1.82, 2.24) is 29.3 Å². The summed E-state index contributed by atoms with van der Waals surface area (Å²) in [5.74, 6) is -1.24. The maximum Gasteiger partial charge on any atom is 0.279 e. The van der Waals surface area contributed by atoms with E-state index in [0.29, 0.717) is 19.1 Å². The fourth-order valence-electron chi connectivity index (χ4n) is 4.45. The molecule has 2 fully saturated rings. The van der Waals surface area contributed by atoms with Gasteiger partial charge in [0, 0.05) is 37.0 Å². The Labute approximate surface area is 199 Å². The standard InChI is InChI=1S/C24H23F2N7O2/c1-13-9-32(11-19(35-13)14-8-28-33(10-14)16-4-5-16)24-29-20(17-6-3-15(25)7-18(17)26)21-22(30-24)23(34)31(2)12-27-21/h3,6-8,10,12-13,16,19H,4-5,9,11H2,1-2H3. The quantitative estimate of drug-likeness (QED) is 0.444. The maximum absolute atomic E-state index is 14.8. The molecule has 9 nitrogen and oxygen atoms in total. The third-order valence-corrected chi connectivity index (χ3v) is 6.40. The predicted molar refractivity (Wildman–Crippen MR) is 124 cm³/mol. The van der Waals surface area contributed by atoms with Gasteiger partial charge in [0.1, 0.15) is 28.9 Å². The van der Waals surface area contributed by atoms with Gasteiger partial charge in [-0.15, -0.1) is 0 Å². The molecule has 1 aromatic carbocycles. The van der Waals surface area contributed by atoms with E-state index in [1.54, 1.807) is 7.05 Å². The number of aromatic nitrogens is 6. The lowest BCUT2D eigenvalue weighted by Gasteiger charge is -2.36. The van der Waals surface area contributed by atoms with Crippen molar-refractivity contribution in [2.45, 2.75) is 38.0 Å². The highest BCUT2D eigenvalue weighted by atomic mass is 19.1. The topological polar surface area (TPSA) is 91.0 Å². The molecule has 6 rings (SSSR count). The highest BCUT2D eigenvalue weighted by molar-refractivity contribution is 5.89. The Kier molecular flexibility index (Phi) is 5.10. The van der Waals surface area contributed by atoms with E-state index in [1.807, 2.05) is 28.9 Å². The minimum atomic E-state index is -0.792. The first kappa shape index (κ1) is 21.8. The van der Waals surface area contributed by atoms with Gasteiger partial charge in [0.2, 0.25) is 5.95 Å². The molecule has 11 heteroatoms. The molecule has 1 saturated carbocycles. The lowest BCUT2D eigenvalue weighted by Crippen LogP contribution is -2.43. The molecular formula is C24H23F2N7O2. The number of nitrogens with zero attached hydrogens (tertiary/aromatic N) is 7. The van der Waals surface area contributed by atoms with Crippen LogP contribution in [0.1, 0.15) is 37.5 Å². The number of hydrogen-bond acceptors (Lipinski definition) is 7. The molecule has 2 aliphatic rings. The van der Waals surface area contributed by atoms with Crippen molar-refractivity contribution in [3.8, 4) is 11.3 Å². The van der Waals surface area contributed by atoms with Gasteiger partial charge >= 0.3 is 0 Å². The van der Waals surface area contributed by atoms with Gasteiger partial charge in [-0.3, -0.25) is 9.48 Å². The monoisotopic (exact) mass is 479 g/mol. The molecule has 0 radical (unpaired) electrons. The van der Waals surface area contributed by atoms with Crippen LogP contribution < -0.4 is 10.5 Å². The van der Waals surface area contributed by atoms with E-state index < -0.39 is 11.6 Å². The van der Waals surface area contributed by atoms with Crippen LogP contribution in [-0.2, 0) is 11.8 Å². The van der Waals surface area contributed by atoms with Crippen LogP contribution in [-0.4, -0.2) is 48.5 Å². The second-order valence-electron chi connectivity index (χ2n) is 9.18. The van der Waals surface area contributed by atoms with Crippen LogP contribution in [0.25, 0.3) is 22.3 Å². The van der Waals surface area contributed by atoms with Gasteiger partial charge in [-0.05, 0) is 31.9 Å². The van der Waals surface area contributed by atoms with Gasteiger partial charge in [0.25, 0.3) is 5.56 Å². The molecule has 4 aromatic rings. The van der Waals surface area contributed by atoms with E-state index in [9.17, 15) is 13.6 Å². The zero-order chi connectivity index (χ0) is 24.3. The molecule has 0 bridgehead atoms. The number of fused-ring (bicyclic) bond motifs is 1. The van der Waals surface area contributed by atoms with Crippen LogP contribution in [0.2, 0.25) is 0 Å². The molecule has 0 spiro atoms. The van der Waals surface area contributed by atoms with Crippen molar-refractivity contribution >= 4 is 17.0 Å².